The third-order valence-corrected chi connectivity index (χ3v) is 7.93. The number of rotatable bonds is 9. The van der Waals surface area contributed by atoms with Crippen LogP contribution in [-0.4, -0.2) is 67.7 Å². The van der Waals surface area contributed by atoms with Gasteiger partial charge in [0.1, 0.15) is 22.7 Å². The predicted octanol–water partition coefficient (Wildman–Crippen LogP) is -0.0421. The molecule has 0 saturated carbocycles. The van der Waals surface area contributed by atoms with E-state index in [1.54, 1.807) is 37.7 Å². The van der Waals surface area contributed by atoms with Crippen molar-refractivity contribution in [3.8, 4) is 0 Å². The molecular weight excluding hydrogens is 572 g/mol. The lowest BCUT2D eigenvalue weighted by Gasteiger charge is -2.50. The van der Waals surface area contributed by atoms with Crippen molar-refractivity contribution in [3.63, 3.8) is 0 Å². The zero-order valence-corrected chi connectivity index (χ0v) is 24.7. The van der Waals surface area contributed by atoms with Crippen molar-refractivity contribution >= 4 is 57.7 Å². The van der Waals surface area contributed by atoms with Gasteiger partial charge >= 0.3 is 5.97 Å². The second kappa shape index (κ2) is 11.5. The highest BCUT2D eigenvalue weighted by Crippen LogP contribution is 2.40. The second-order valence-corrected chi connectivity index (χ2v) is 12.8. The average molecular weight is 603 g/mol. The minimum atomic E-state index is -1.57. The van der Waals surface area contributed by atoms with Gasteiger partial charge < -0.3 is 30.5 Å². The van der Waals surface area contributed by atoms with Crippen LogP contribution in [0.1, 0.15) is 40.3 Å². The van der Waals surface area contributed by atoms with Gasteiger partial charge in [-0.25, -0.2) is 14.3 Å². The van der Waals surface area contributed by atoms with Gasteiger partial charge in [-0.15, -0.1) is 23.1 Å². The van der Waals surface area contributed by atoms with Crippen molar-refractivity contribution in [1.29, 1.82) is 0 Å². The summed E-state index contributed by atoms with van der Waals surface area (Å²) < 4.78 is 7.16. The quantitative estimate of drug-likeness (QED) is 0.130. The van der Waals surface area contributed by atoms with Gasteiger partial charge in [0.05, 0.1) is 11.7 Å². The number of thioether (sulfide) groups is 1. The smallest absolute Gasteiger partial charge is 0.353 e. The monoisotopic (exact) mass is 602 g/mol. The van der Waals surface area contributed by atoms with Gasteiger partial charge in [0, 0.05) is 28.8 Å². The molecule has 1 saturated heterocycles. The largest absolute Gasteiger partial charge is 0.543 e. The van der Waals surface area contributed by atoms with Gasteiger partial charge in [-0.3, -0.25) is 14.5 Å². The normalized spacial score (nSPS) is 19.3. The van der Waals surface area contributed by atoms with E-state index >= 15 is 0 Å². The number of carboxylic acids is 1. The Hall–Kier alpha value is -3.98. The number of amides is 2. The van der Waals surface area contributed by atoms with Crippen LogP contribution in [0.4, 0.5) is 5.13 Å². The Bertz CT molecular complexity index is 1430. The van der Waals surface area contributed by atoms with Crippen LogP contribution < -0.4 is 20.7 Å². The lowest BCUT2D eigenvalue weighted by atomic mass is 10.0. The number of nitrogens with two attached hydrogens (primary N) is 1. The van der Waals surface area contributed by atoms with E-state index in [2.05, 4.69) is 15.5 Å². The molecule has 41 heavy (non-hydrogen) atoms. The van der Waals surface area contributed by atoms with Crippen molar-refractivity contribution in [2.24, 2.45) is 5.16 Å². The summed E-state index contributed by atoms with van der Waals surface area (Å²) in [4.78, 5) is 61.9. The summed E-state index contributed by atoms with van der Waals surface area (Å²) >= 11 is 2.37. The first-order valence-corrected chi connectivity index (χ1v) is 14.4. The van der Waals surface area contributed by atoms with Gasteiger partial charge in [0.15, 0.2) is 29.8 Å². The van der Waals surface area contributed by atoms with Gasteiger partial charge in [-0.05, 0) is 34.6 Å². The number of carboxylic acid groups (broad SMARTS) is 1. The summed E-state index contributed by atoms with van der Waals surface area (Å²) in [6, 6.07) is 4.41. The zero-order chi connectivity index (χ0) is 30.1. The van der Waals surface area contributed by atoms with Crippen LogP contribution in [0.5, 0.6) is 0 Å². The number of esters is 1. The minimum Gasteiger partial charge on any atom is -0.543 e. The summed E-state index contributed by atoms with van der Waals surface area (Å²) in [6.45, 7) is 8.23. The molecule has 4 heterocycles. The molecule has 2 aliphatic heterocycles. The average Bonchev–Trinajstić information content (AvgIpc) is 3.32. The van der Waals surface area contributed by atoms with E-state index in [9.17, 15) is 24.3 Å². The zero-order valence-electron chi connectivity index (χ0n) is 23.1. The van der Waals surface area contributed by atoms with Crippen LogP contribution >= 0.6 is 23.1 Å². The molecule has 2 aromatic heterocycles. The van der Waals surface area contributed by atoms with Crippen LogP contribution in [-0.2, 0) is 35.3 Å². The van der Waals surface area contributed by atoms with E-state index in [1.165, 1.54) is 31.0 Å². The predicted molar refractivity (Wildman–Crippen MR) is 148 cm³/mol. The number of pyridine rings is 1. The number of carbonyl (C=O) groups excluding carboxylic acids is 4. The van der Waals surface area contributed by atoms with Crippen LogP contribution in [0.2, 0.25) is 0 Å². The molecule has 15 heteroatoms. The molecule has 4 rings (SSSR count). The lowest BCUT2D eigenvalue weighted by Crippen LogP contribution is -2.71. The molecule has 0 unspecified atom stereocenters. The Morgan fingerprint density at radius 2 is 1.90 bits per heavy atom. The summed E-state index contributed by atoms with van der Waals surface area (Å²) in [6.07, 6.45) is 3.58. The number of oxime groups is 1. The molecule has 218 valence electrons. The van der Waals surface area contributed by atoms with E-state index in [1.807, 2.05) is 18.2 Å². The Morgan fingerprint density at radius 3 is 2.49 bits per heavy atom. The van der Waals surface area contributed by atoms with Crippen molar-refractivity contribution in [1.82, 2.24) is 15.2 Å². The number of ether oxygens (including phenoxy) is 1. The third-order valence-electron chi connectivity index (χ3n) is 5.91. The summed E-state index contributed by atoms with van der Waals surface area (Å²) in [7, 11) is 0. The number of carbonyl (C=O) groups is 4. The number of aliphatic carboxylic acids is 1. The van der Waals surface area contributed by atoms with Crippen molar-refractivity contribution in [2.75, 3.05) is 11.5 Å². The summed E-state index contributed by atoms with van der Waals surface area (Å²) in [5, 5.41) is 19.6. The Labute approximate surface area is 244 Å². The lowest BCUT2D eigenvalue weighted by molar-refractivity contribution is -0.689. The number of hydrogen-bond donors (Lipinski definition) is 2. The fourth-order valence-corrected chi connectivity index (χ4v) is 5.84. The van der Waals surface area contributed by atoms with E-state index in [4.69, 9.17) is 15.3 Å². The molecule has 0 radical (unpaired) electrons. The number of thiazole rings is 1. The van der Waals surface area contributed by atoms with Crippen molar-refractivity contribution in [2.45, 2.75) is 63.8 Å². The molecule has 2 aromatic rings. The van der Waals surface area contributed by atoms with Crippen LogP contribution in [0, 0.1) is 0 Å². The molecule has 2 amide bonds. The maximum atomic E-state index is 13.4. The number of hydrogen-bond acceptors (Lipinski definition) is 12. The van der Waals surface area contributed by atoms with Gasteiger partial charge in [-0.2, -0.15) is 0 Å². The molecule has 13 nitrogen and oxygen atoms in total. The topological polar surface area (TPSA) is 180 Å². The number of anilines is 1. The molecule has 0 bridgehead atoms. The molecule has 2 aliphatic rings. The number of aromatic nitrogens is 2. The Morgan fingerprint density at radius 1 is 1.22 bits per heavy atom. The first kappa shape index (κ1) is 30.0. The van der Waals surface area contributed by atoms with E-state index < -0.39 is 46.4 Å². The highest BCUT2D eigenvalue weighted by Gasteiger charge is 2.53. The standard InChI is InChI=1S/C26H30N6O7S2/c1-25(2,3)38-23(37)26(4,5)39-30-16(15-13-41-24(27)28-15)19(33)29-17-20(34)32-18(22(35)36)14(12-40-21(17)32)11-31-9-7-6-8-10-31/h6-10,13,17,21H,11-12H2,1-5H3,(H3-,27,28,29,33,35,36)/b30-16+/t17-,21-/m1/s1. The fraction of sp³-hybridized carbons (Fsp3) is 0.423. The summed E-state index contributed by atoms with van der Waals surface area (Å²) in [5.41, 5.74) is 3.46. The number of nitrogens with one attached hydrogen (secondary N) is 1. The van der Waals surface area contributed by atoms with Gasteiger partial charge in [0.2, 0.25) is 5.60 Å². The molecule has 2 atom stereocenters. The van der Waals surface area contributed by atoms with Crippen LogP contribution in [0.25, 0.3) is 0 Å². The maximum absolute atomic E-state index is 13.4. The highest BCUT2D eigenvalue weighted by molar-refractivity contribution is 8.00. The molecule has 0 spiro atoms. The molecule has 3 N–H and O–H groups in total. The maximum Gasteiger partial charge on any atom is 0.353 e. The fourth-order valence-electron chi connectivity index (χ4n) is 3.96. The van der Waals surface area contributed by atoms with E-state index in [-0.39, 0.29) is 28.8 Å². The Balaban J connectivity index is 1.54. The first-order valence-electron chi connectivity index (χ1n) is 12.5. The van der Waals surface area contributed by atoms with Gasteiger partial charge in [-0.1, -0.05) is 11.2 Å². The number of fused-ring (bicyclic) bond motifs is 1. The molecule has 1 fully saturated rings. The molecule has 0 aromatic carbocycles. The molecular formula is C26H30N6O7S2. The summed E-state index contributed by atoms with van der Waals surface area (Å²) in [5.74, 6) is -3.31. The third kappa shape index (κ3) is 6.68. The van der Waals surface area contributed by atoms with Crippen molar-refractivity contribution < 1.29 is 38.4 Å². The van der Waals surface area contributed by atoms with Crippen LogP contribution in [0.15, 0.2) is 52.4 Å². The molecule has 0 aliphatic carbocycles. The highest BCUT2D eigenvalue weighted by atomic mass is 32.2. The number of nitrogen functional groups attached to an aromatic ring is 1. The van der Waals surface area contributed by atoms with Crippen molar-refractivity contribution in [3.05, 3.63) is 52.9 Å². The first-order chi connectivity index (χ1) is 19.2. The number of β-lactam (4-membered cyclic amide) rings is 1. The van der Waals surface area contributed by atoms with Crippen LogP contribution in [0.3, 0.4) is 0 Å². The second-order valence-electron chi connectivity index (χ2n) is 10.8. The SMILES string of the molecule is CC(C)(C)OC(=O)C(C)(C)O/N=C(/C(=O)N[C@@H]1C(=O)N2C(C(=O)[O-])=C(C[n+]3ccccc3)CS[C@H]12)c1csc(N)n1. The van der Waals surface area contributed by atoms with E-state index in [0.29, 0.717) is 11.3 Å². The van der Waals surface area contributed by atoms with E-state index in [0.717, 1.165) is 16.2 Å². The number of nitrogens with zero attached hydrogens (tertiary/aromatic N) is 4. The Kier molecular flexibility index (Phi) is 8.40. The minimum absolute atomic E-state index is 0.0717. The van der Waals surface area contributed by atoms with Gasteiger partial charge in [0.25, 0.3) is 11.8 Å².